The highest BCUT2D eigenvalue weighted by Crippen LogP contribution is 2.47. The molecule has 2 heterocycles. The fourth-order valence-electron chi connectivity index (χ4n) is 4.12. The third kappa shape index (κ3) is 3.35. The lowest BCUT2D eigenvalue weighted by molar-refractivity contribution is -0.342. The van der Waals surface area contributed by atoms with E-state index in [9.17, 15) is 25.2 Å². The first-order valence-electron chi connectivity index (χ1n) is 8.78. The molecule has 26 heavy (non-hydrogen) atoms. The summed E-state index contributed by atoms with van der Waals surface area (Å²) >= 11 is 0. The minimum Gasteiger partial charge on any atom is -0.472 e. The highest BCUT2D eigenvalue weighted by atomic mass is 16.8. The van der Waals surface area contributed by atoms with Crippen LogP contribution < -0.4 is 0 Å². The molecule has 4 N–H and O–H groups in total. The van der Waals surface area contributed by atoms with Crippen LogP contribution in [0.15, 0.2) is 11.8 Å². The van der Waals surface area contributed by atoms with Crippen LogP contribution in [0.2, 0.25) is 0 Å². The molecule has 0 aromatic heterocycles. The molecule has 2 fully saturated rings. The van der Waals surface area contributed by atoms with Crippen molar-refractivity contribution in [1.29, 1.82) is 0 Å². The van der Waals surface area contributed by atoms with Crippen LogP contribution in [0, 0.1) is 17.8 Å². The zero-order chi connectivity index (χ0) is 19.0. The van der Waals surface area contributed by atoms with Gasteiger partial charge >= 0.3 is 5.97 Å². The van der Waals surface area contributed by atoms with Gasteiger partial charge in [0.2, 0.25) is 6.29 Å². The molecule has 3 rings (SSSR count). The van der Waals surface area contributed by atoms with Gasteiger partial charge in [0.15, 0.2) is 6.29 Å². The zero-order valence-electron chi connectivity index (χ0n) is 14.7. The lowest BCUT2D eigenvalue weighted by Crippen LogP contribution is -2.60. The molecule has 9 unspecified atom stereocenters. The van der Waals surface area contributed by atoms with Crippen molar-refractivity contribution in [3.05, 3.63) is 11.8 Å². The van der Waals surface area contributed by atoms with Crippen LogP contribution in [0.3, 0.4) is 0 Å². The Labute approximate surface area is 151 Å². The summed E-state index contributed by atoms with van der Waals surface area (Å²) in [5, 5.41) is 39.2. The molecular weight excluding hydrogens is 348 g/mol. The third-order valence-electron chi connectivity index (χ3n) is 5.64. The highest BCUT2D eigenvalue weighted by Gasteiger charge is 2.50. The third-order valence-corrected chi connectivity index (χ3v) is 5.64. The van der Waals surface area contributed by atoms with E-state index in [-0.39, 0.29) is 17.8 Å². The average molecular weight is 374 g/mol. The summed E-state index contributed by atoms with van der Waals surface area (Å²) in [7, 11) is 1.31. The first kappa shape index (κ1) is 19.5. The summed E-state index contributed by atoms with van der Waals surface area (Å²) in [5.41, 5.74) is 0.454. The van der Waals surface area contributed by atoms with Crippen molar-refractivity contribution in [3.63, 3.8) is 0 Å². The second kappa shape index (κ2) is 7.79. The largest absolute Gasteiger partial charge is 0.472 e. The standard InChI is InChI=1S/C17H26O9/c1-7-3-4-8-9(15(22)23-2)6-24-16(11(7)8)26-17-14(21)13(20)12(19)10(5-18)25-17/h6-8,10-14,16-21H,3-5H2,1-2H3. The van der Waals surface area contributed by atoms with E-state index < -0.39 is 49.6 Å². The van der Waals surface area contributed by atoms with E-state index in [2.05, 4.69) is 0 Å². The Bertz CT molecular complexity index is 548. The van der Waals surface area contributed by atoms with Gasteiger partial charge < -0.3 is 39.4 Å². The number of fused-ring (bicyclic) bond motifs is 1. The van der Waals surface area contributed by atoms with Crippen molar-refractivity contribution >= 4 is 5.97 Å². The molecule has 1 saturated carbocycles. The number of methoxy groups -OCH3 is 1. The number of aliphatic hydroxyl groups excluding tert-OH is 4. The van der Waals surface area contributed by atoms with Crippen LogP contribution >= 0.6 is 0 Å². The first-order valence-corrected chi connectivity index (χ1v) is 8.78. The predicted molar refractivity (Wildman–Crippen MR) is 85.2 cm³/mol. The predicted octanol–water partition coefficient (Wildman–Crippen LogP) is -1.12. The molecular formula is C17H26O9. The number of ether oxygens (including phenoxy) is 4. The van der Waals surface area contributed by atoms with E-state index in [1.54, 1.807) is 0 Å². The van der Waals surface area contributed by atoms with Gasteiger partial charge in [0, 0.05) is 11.8 Å². The van der Waals surface area contributed by atoms with Crippen LogP contribution in [0.1, 0.15) is 19.8 Å². The Balaban J connectivity index is 1.77. The summed E-state index contributed by atoms with van der Waals surface area (Å²) in [4.78, 5) is 12.0. The van der Waals surface area contributed by atoms with Crippen molar-refractivity contribution in [2.75, 3.05) is 13.7 Å². The molecule has 9 heteroatoms. The van der Waals surface area contributed by atoms with E-state index >= 15 is 0 Å². The summed E-state index contributed by atoms with van der Waals surface area (Å²) in [6.07, 6.45) is -4.63. The number of aliphatic hydroxyl groups is 4. The van der Waals surface area contributed by atoms with Crippen LogP contribution in [0.4, 0.5) is 0 Å². The molecule has 2 aliphatic heterocycles. The second-order valence-corrected chi connectivity index (χ2v) is 7.14. The van der Waals surface area contributed by atoms with E-state index in [0.717, 1.165) is 12.8 Å². The van der Waals surface area contributed by atoms with Gasteiger partial charge in [0.05, 0.1) is 25.6 Å². The molecule has 0 aromatic carbocycles. The van der Waals surface area contributed by atoms with Crippen molar-refractivity contribution in [2.45, 2.75) is 56.8 Å². The molecule has 0 bridgehead atoms. The topological polar surface area (TPSA) is 135 Å². The monoisotopic (exact) mass is 374 g/mol. The molecule has 9 atom stereocenters. The summed E-state index contributed by atoms with van der Waals surface area (Å²) < 4.78 is 21.6. The van der Waals surface area contributed by atoms with Crippen molar-refractivity contribution < 1.29 is 44.2 Å². The average Bonchev–Trinajstić information content (AvgIpc) is 3.04. The Morgan fingerprint density at radius 2 is 1.92 bits per heavy atom. The molecule has 0 spiro atoms. The smallest absolute Gasteiger partial charge is 0.337 e. The van der Waals surface area contributed by atoms with Crippen molar-refractivity contribution in [2.24, 2.45) is 17.8 Å². The van der Waals surface area contributed by atoms with E-state index in [0.29, 0.717) is 5.57 Å². The maximum Gasteiger partial charge on any atom is 0.337 e. The van der Waals surface area contributed by atoms with Gasteiger partial charge in [-0.25, -0.2) is 4.79 Å². The van der Waals surface area contributed by atoms with E-state index in [1.165, 1.54) is 13.4 Å². The summed E-state index contributed by atoms with van der Waals surface area (Å²) in [6, 6.07) is 0. The van der Waals surface area contributed by atoms with Crippen molar-refractivity contribution in [1.82, 2.24) is 0 Å². The van der Waals surface area contributed by atoms with Crippen LogP contribution in [-0.2, 0) is 23.7 Å². The van der Waals surface area contributed by atoms with Crippen LogP contribution in [-0.4, -0.2) is 77.1 Å². The molecule has 1 saturated heterocycles. The second-order valence-electron chi connectivity index (χ2n) is 7.14. The first-order chi connectivity index (χ1) is 12.4. The SMILES string of the molecule is COC(=O)C1=COC(OC2OC(CO)C(O)C(O)C2O)C2C(C)CCC12. The fraction of sp³-hybridized carbons (Fsp3) is 0.824. The fourth-order valence-corrected chi connectivity index (χ4v) is 4.12. The number of esters is 1. The number of hydrogen-bond acceptors (Lipinski definition) is 9. The van der Waals surface area contributed by atoms with Gasteiger partial charge in [-0.1, -0.05) is 6.92 Å². The number of hydrogen-bond donors (Lipinski definition) is 4. The quantitative estimate of drug-likeness (QED) is 0.451. The van der Waals surface area contributed by atoms with Gasteiger partial charge in [-0.3, -0.25) is 0 Å². The Hall–Kier alpha value is -1.23. The van der Waals surface area contributed by atoms with Crippen molar-refractivity contribution in [3.8, 4) is 0 Å². The van der Waals surface area contributed by atoms with Gasteiger partial charge in [0.1, 0.15) is 24.4 Å². The normalized spacial score (nSPS) is 45.5. The van der Waals surface area contributed by atoms with Crippen LogP contribution in [0.25, 0.3) is 0 Å². The maximum atomic E-state index is 12.0. The van der Waals surface area contributed by atoms with Gasteiger partial charge in [0.25, 0.3) is 0 Å². The molecule has 148 valence electrons. The Morgan fingerprint density at radius 1 is 1.19 bits per heavy atom. The summed E-state index contributed by atoms with van der Waals surface area (Å²) in [5.74, 6) is -0.494. The zero-order valence-corrected chi connectivity index (χ0v) is 14.7. The molecule has 3 aliphatic rings. The minimum atomic E-state index is -1.52. The number of carbonyl (C=O) groups is 1. The maximum absolute atomic E-state index is 12.0. The molecule has 0 radical (unpaired) electrons. The Morgan fingerprint density at radius 3 is 2.58 bits per heavy atom. The highest BCUT2D eigenvalue weighted by molar-refractivity contribution is 5.89. The van der Waals surface area contributed by atoms with Crippen LogP contribution in [0.5, 0.6) is 0 Å². The molecule has 0 aromatic rings. The summed E-state index contributed by atoms with van der Waals surface area (Å²) in [6.45, 7) is 1.49. The molecule has 0 amide bonds. The lowest BCUT2D eigenvalue weighted by Gasteiger charge is -2.43. The van der Waals surface area contributed by atoms with Gasteiger partial charge in [-0.05, 0) is 18.8 Å². The number of carbonyl (C=O) groups excluding carboxylic acids is 1. The molecule has 9 nitrogen and oxygen atoms in total. The lowest BCUT2D eigenvalue weighted by atomic mass is 9.83. The van der Waals surface area contributed by atoms with E-state index in [4.69, 9.17) is 18.9 Å². The minimum absolute atomic E-state index is 0.0962. The van der Waals surface area contributed by atoms with Gasteiger partial charge in [-0.2, -0.15) is 0 Å². The molecule has 1 aliphatic carbocycles. The van der Waals surface area contributed by atoms with Gasteiger partial charge in [-0.15, -0.1) is 0 Å². The Kier molecular flexibility index (Phi) is 5.85. The van der Waals surface area contributed by atoms with E-state index in [1.807, 2.05) is 6.92 Å². The number of rotatable bonds is 4.